The molecule has 0 amide bonds. The number of carbonyl (C=O) groups is 2. The van der Waals surface area contributed by atoms with E-state index in [1.165, 1.54) is 5.56 Å². The van der Waals surface area contributed by atoms with Gasteiger partial charge in [-0.15, -0.1) is 0 Å². The number of fused-ring (bicyclic) bond motifs is 3. The number of carbonyl (C=O) groups excluding carboxylic acids is 2. The Morgan fingerprint density at radius 2 is 2.00 bits per heavy atom. The molecule has 0 radical (unpaired) electrons. The molecule has 138 valence electrons. The summed E-state index contributed by atoms with van der Waals surface area (Å²) in [5.74, 6) is -0.184. The van der Waals surface area contributed by atoms with Crippen molar-refractivity contribution in [3.63, 3.8) is 0 Å². The molecule has 4 heteroatoms. The smallest absolute Gasteiger partial charge is 0.343 e. The summed E-state index contributed by atoms with van der Waals surface area (Å²) < 4.78 is 11.4. The molecule has 4 nitrogen and oxygen atoms in total. The summed E-state index contributed by atoms with van der Waals surface area (Å²) in [6.45, 7) is 9.77. The van der Waals surface area contributed by atoms with Crippen molar-refractivity contribution in [2.24, 2.45) is 5.92 Å². The molecule has 1 saturated heterocycles. The highest BCUT2D eigenvalue weighted by Crippen LogP contribution is 2.49. The van der Waals surface area contributed by atoms with E-state index in [0.717, 1.165) is 35.1 Å². The van der Waals surface area contributed by atoms with Crippen LogP contribution in [-0.4, -0.2) is 11.9 Å². The van der Waals surface area contributed by atoms with Gasteiger partial charge in [-0.3, -0.25) is 0 Å². The standard InChI is InChI=1S/C23H22O4/c1-12-6-5-7-16(10-12)23(25)26-19-11-13(2)17-8-9-18-14(3)22(24)27-21(18)20(17)15(19)4/h5-7,10-11,18,21H,3,8-9H2,1-2,4H3. The van der Waals surface area contributed by atoms with Crippen LogP contribution < -0.4 is 4.74 Å². The number of hydrogen-bond acceptors (Lipinski definition) is 4. The molecule has 2 aromatic rings. The second kappa shape index (κ2) is 6.38. The molecule has 0 spiro atoms. The van der Waals surface area contributed by atoms with Gasteiger partial charge >= 0.3 is 11.9 Å². The van der Waals surface area contributed by atoms with Crippen LogP contribution in [0, 0.1) is 26.7 Å². The van der Waals surface area contributed by atoms with E-state index < -0.39 is 0 Å². The number of ether oxygens (including phenoxy) is 2. The topological polar surface area (TPSA) is 52.6 Å². The summed E-state index contributed by atoms with van der Waals surface area (Å²) in [5.41, 5.74) is 6.13. The first kappa shape index (κ1) is 17.5. The number of hydrogen-bond donors (Lipinski definition) is 0. The van der Waals surface area contributed by atoms with Crippen molar-refractivity contribution in [1.29, 1.82) is 0 Å². The minimum Gasteiger partial charge on any atom is -0.453 e. The van der Waals surface area contributed by atoms with E-state index in [9.17, 15) is 9.59 Å². The van der Waals surface area contributed by atoms with Crippen molar-refractivity contribution in [1.82, 2.24) is 0 Å². The van der Waals surface area contributed by atoms with Gasteiger partial charge < -0.3 is 9.47 Å². The van der Waals surface area contributed by atoms with Crippen LogP contribution in [0.4, 0.5) is 0 Å². The van der Waals surface area contributed by atoms with Crippen LogP contribution in [0.5, 0.6) is 5.75 Å². The Morgan fingerprint density at radius 3 is 2.74 bits per heavy atom. The van der Waals surface area contributed by atoms with Gasteiger partial charge in [-0.2, -0.15) is 0 Å². The summed E-state index contributed by atoms with van der Waals surface area (Å²) >= 11 is 0. The van der Waals surface area contributed by atoms with Gasteiger partial charge in [0.15, 0.2) is 0 Å². The molecular formula is C23H22O4. The number of esters is 2. The van der Waals surface area contributed by atoms with Gasteiger partial charge in [0.2, 0.25) is 0 Å². The molecule has 4 rings (SSSR count). The summed E-state index contributed by atoms with van der Waals surface area (Å²) in [4.78, 5) is 24.6. The van der Waals surface area contributed by atoms with Crippen LogP contribution in [0.15, 0.2) is 42.5 Å². The lowest BCUT2D eigenvalue weighted by atomic mass is 9.76. The lowest BCUT2D eigenvalue weighted by Crippen LogP contribution is -2.21. The molecule has 1 aliphatic heterocycles. The Kier molecular flexibility index (Phi) is 4.14. The van der Waals surface area contributed by atoms with E-state index in [1.807, 2.05) is 45.0 Å². The van der Waals surface area contributed by atoms with E-state index in [2.05, 4.69) is 6.58 Å². The van der Waals surface area contributed by atoms with E-state index in [0.29, 0.717) is 16.9 Å². The summed E-state index contributed by atoms with van der Waals surface area (Å²) in [6, 6.07) is 9.24. The maximum Gasteiger partial charge on any atom is 0.343 e. The highest BCUT2D eigenvalue weighted by Gasteiger charge is 2.44. The zero-order valence-corrected chi connectivity index (χ0v) is 15.8. The fraction of sp³-hybridized carbons (Fsp3) is 0.304. The van der Waals surface area contributed by atoms with Crippen LogP contribution in [0.2, 0.25) is 0 Å². The average Bonchev–Trinajstić information content (AvgIpc) is 2.93. The van der Waals surface area contributed by atoms with Gasteiger partial charge in [0.1, 0.15) is 11.9 Å². The van der Waals surface area contributed by atoms with Crippen molar-refractivity contribution >= 4 is 11.9 Å². The minimum atomic E-state index is -0.388. The van der Waals surface area contributed by atoms with Crippen LogP contribution >= 0.6 is 0 Å². The Morgan fingerprint density at radius 1 is 1.22 bits per heavy atom. The molecule has 27 heavy (non-hydrogen) atoms. The maximum absolute atomic E-state index is 12.6. The molecule has 0 saturated carbocycles. The zero-order chi connectivity index (χ0) is 19.3. The van der Waals surface area contributed by atoms with Crippen molar-refractivity contribution in [2.45, 2.75) is 39.7 Å². The van der Waals surface area contributed by atoms with Crippen molar-refractivity contribution in [3.8, 4) is 5.75 Å². The lowest BCUT2D eigenvalue weighted by Gasteiger charge is -2.30. The van der Waals surface area contributed by atoms with Gasteiger partial charge in [0.25, 0.3) is 0 Å². The third kappa shape index (κ3) is 2.85. The molecule has 2 aliphatic rings. The molecule has 1 heterocycles. The van der Waals surface area contributed by atoms with E-state index >= 15 is 0 Å². The molecule has 1 aliphatic carbocycles. The van der Waals surface area contributed by atoms with Crippen molar-refractivity contribution < 1.29 is 19.1 Å². The highest BCUT2D eigenvalue weighted by atomic mass is 16.6. The maximum atomic E-state index is 12.6. The van der Waals surface area contributed by atoms with Crippen LogP contribution in [0.3, 0.4) is 0 Å². The first-order valence-corrected chi connectivity index (χ1v) is 9.18. The molecule has 0 N–H and O–H groups in total. The van der Waals surface area contributed by atoms with Gasteiger partial charge in [-0.25, -0.2) is 9.59 Å². The van der Waals surface area contributed by atoms with Crippen LogP contribution in [-0.2, 0) is 16.0 Å². The minimum absolute atomic E-state index is 0.00539. The molecule has 1 fully saturated rings. The molecule has 2 aromatic carbocycles. The van der Waals surface area contributed by atoms with E-state index in [-0.39, 0.29) is 24.0 Å². The predicted octanol–water partition coefficient (Wildman–Crippen LogP) is 4.55. The number of rotatable bonds is 2. The van der Waals surface area contributed by atoms with Gasteiger partial charge in [0, 0.05) is 17.1 Å². The van der Waals surface area contributed by atoms with E-state index in [1.54, 1.807) is 6.07 Å². The quantitative estimate of drug-likeness (QED) is 0.447. The van der Waals surface area contributed by atoms with Gasteiger partial charge in [0.05, 0.1) is 5.56 Å². The largest absolute Gasteiger partial charge is 0.453 e. The fourth-order valence-corrected chi connectivity index (χ4v) is 4.21. The first-order chi connectivity index (χ1) is 12.9. The monoisotopic (exact) mass is 362 g/mol. The van der Waals surface area contributed by atoms with Gasteiger partial charge in [-0.1, -0.05) is 24.3 Å². The van der Waals surface area contributed by atoms with E-state index in [4.69, 9.17) is 9.47 Å². The second-order valence-electron chi connectivity index (χ2n) is 7.46. The third-order valence-electron chi connectivity index (χ3n) is 5.68. The normalized spacial score (nSPS) is 20.7. The molecule has 0 bridgehead atoms. The molecule has 0 aromatic heterocycles. The Hall–Kier alpha value is -2.88. The van der Waals surface area contributed by atoms with Crippen molar-refractivity contribution in [3.05, 3.63) is 75.9 Å². The average molecular weight is 362 g/mol. The second-order valence-corrected chi connectivity index (χ2v) is 7.46. The first-order valence-electron chi connectivity index (χ1n) is 9.18. The Bertz CT molecular complexity index is 986. The predicted molar refractivity (Wildman–Crippen MR) is 102 cm³/mol. The van der Waals surface area contributed by atoms with Gasteiger partial charge in [-0.05, 0) is 68.5 Å². The van der Waals surface area contributed by atoms with Crippen LogP contribution in [0.25, 0.3) is 0 Å². The van der Waals surface area contributed by atoms with Crippen molar-refractivity contribution in [2.75, 3.05) is 0 Å². The van der Waals surface area contributed by atoms with Crippen LogP contribution in [0.1, 0.15) is 50.7 Å². The Labute approximate surface area is 158 Å². The summed E-state index contributed by atoms with van der Waals surface area (Å²) in [6.07, 6.45) is 1.39. The summed E-state index contributed by atoms with van der Waals surface area (Å²) in [7, 11) is 0. The number of benzene rings is 2. The fourth-order valence-electron chi connectivity index (χ4n) is 4.21. The SMILES string of the molecule is C=C1C(=O)OC2c3c(C)c(OC(=O)c4cccc(C)c4)cc(C)c3CCC12. The Balaban J connectivity index is 1.73. The molecule has 2 atom stereocenters. The summed E-state index contributed by atoms with van der Waals surface area (Å²) in [5, 5.41) is 0. The highest BCUT2D eigenvalue weighted by molar-refractivity contribution is 5.92. The molecular weight excluding hydrogens is 340 g/mol. The third-order valence-corrected chi connectivity index (χ3v) is 5.68. The molecule has 2 unspecified atom stereocenters. The number of aryl methyl sites for hydroxylation is 2. The lowest BCUT2D eigenvalue weighted by molar-refractivity contribution is -0.139. The zero-order valence-electron chi connectivity index (χ0n) is 15.8.